The molecular formula is C18H12Cl2N4OS. The van der Waals surface area contributed by atoms with E-state index in [1.807, 2.05) is 31.2 Å². The summed E-state index contributed by atoms with van der Waals surface area (Å²) in [5.41, 5.74) is 3.16. The first kappa shape index (κ1) is 17.1. The third-order valence-corrected chi connectivity index (χ3v) is 5.24. The molecule has 1 amide bonds. The zero-order valence-corrected chi connectivity index (χ0v) is 15.8. The van der Waals surface area contributed by atoms with Crippen LogP contribution in [0.15, 0.2) is 46.3 Å². The lowest BCUT2D eigenvalue weighted by Crippen LogP contribution is -2.19. The predicted octanol–water partition coefficient (Wildman–Crippen LogP) is 5.07. The number of aromatic nitrogens is 2. The quantitative estimate of drug-likeness (QED) is 0.587. The van der Waals surface area contributed by atoms with Crippen LogP contribution >= 0.6 is 35.0 Å². The maximum atomic E-state index is 12.2. The van der Waals surface area contributed by atoms with E-state index in [4.69, 9.17) is 23.2 Å². The third kappa shape index (κ3) is 3.35. The topological polar surface area (TPSA) is 70.1 Å². The Morgan fingerprint density at radius 2 is 1.96 bits per heavy atom. The molecule has 26 heavy (non-hydrogen) atoms. The second-order valence-corrected chi connectivity index (χ2v) is 7.50. The minimum absolute atomic E-state index is 0.210. The van der Waals surface area contributed by atoms with Crippen LogP contribution in [0.4, 0.5) is 5.69 Å². The monoisotopic (exact) mass is 402 g/mol. The Balaban J connectivity index is 1.64. The maximum absolute atomic E-state index is 12.2. The molecular weight excluding hydrogens is 391 g/mol. The van der Waals surface area contributed by atoms with Crippen LogP contribution in [-0.2, 0) is 4.79 Å². The molecule has 0 atom stereocenters. The number of nitrogens with zero attached hydrogens (tertiary/aromatic N) is 2. The van der Waals surface area contributed by atoms with E-state index in [2.05, 4.69) is 20.3 Å². The highest BCUT2D eigenvalue weighted by atomic mass is 35.5. The molecule has 2 aromatic carbocycles. The number of halogens is 2. The lowest BCUT2D eigenvalue weighted by molar-refractivity contribution is -0.115. The number of rotatable bonds is 2. The van der Waals surface area contributed by atoms with Crippen LogP contribution < -0.4 is 5.32 Å². The van der Waals surface area contributed by atoms with Crippen molar-refractivity contribution in [1.29, 1.82) is 0 Å². The Kier molecular flexibility index (Phi) is 4.48. The fourth-order valence-corrected chi connectivity index (χ4v) is 3.88. The second-order valence-electron chi connectivity index (χ2n) is 5.65. The number of para-hydroxylation sites is 1. The molecule has 1 saturated heterocycles. The number of aromatic amines is 1. The number of carbonyl (C=O) groups is 1. The van der Waals surface area contributed by atoms with E-state index in [9.17, 15) is 4.79 Å². The van der Waals surface area contributed by atoms with Crippen LogP contribution in [0.2, 0.25) is 10.0 Å². The molecule has 0 unspecified atom stereocenters. The molecule has 4 rings (SSSR count). The summed E-state index contributed by atoms with van der Waals surface area (Å²) in [6.07, 6.45) is 1.81. The van der Waals surface area contributed by atoms with Gasteiger partial charge in [0.1, 0.15) is 11.5 Å². The Morgan fingerprint density at radius 1 is 1.19 bits per heavy atom. The number of hydrogen-bond donors (Lipinski definition) is 2. The van der Waals surface area contributed by atoms with Crippen molar-refractivity contribution in [3.05, 3.63) is 62.7 Å². The molecule has 0 spiro atoms. The minimum atomic E-state index is -0.210. The van der Waals surface area contributed by atoms with Crippen LogP contribution in [0.5, 0.6) is 0 Å². The minimum Gasteiger partial charge on any atom is -0.342 e. The van der Waals surface area contributed by atoms with Gasteiger partial charge in [0.05, 0.1) is 26.0 Å². The summed E-state index contributed by atoms with van der Waals surface area (Å²) in [5.74, 6) is 0.640. The average molecular weight is 403 g/mol. The molecule has 2 N–H and O–H groups in total. The zero-order valence-electron chi connectivity index (χ0n) is 13.5. The van der Waals surface area contributed by atoms with Crippen molar-refractivity contribution in [2.24, 2.45) is 4.99 Å². The predicted molar refractivity (Wildman–Crippen MR) is 108 cm³/mol. The summed E-state index contributed by atoms with van der Waals surface area (Å²) in [5, 5.41) is 4.03. The summed E-state index contributed by atoms with van der Waals surface area (Å²) in [6.45, 7) is 1.90. The molecule has 1 aliphatic rings. The van der Waals surface area contributed by atoms with Gasteiger partial charge in [-0.3, -0.25) is 4.79 Å². The van der Waals surface area contributed by atoms with Crippen molar-refractivity contribution in [3.63, 3.8) is 0 Å². The fourth-order valence-electron chi connectivity index (χ4n) is 2.57. The Bertz CT molecular complexity index is 1080. The number of carbonyl (C=O) groups excluding carboxylic acids is 1. The molecule has 1 aromatic heterocycles. The van der Waals surface area contributed by atoms with Crippen molar-refractivity contribution in [2.75, 3.05) is 0 Å². The van der Waals surface area contributed by atoms with E-state index >= 15 is 0 Å². The van der Waals surface area contributed by atoms with E-state index in [0.29, 0.717) is 25.8 Å². The number of benzene rings is 2. The van der Waals surface area contributed by atoms with Gasteiger partial charge in [-0.15, -0.1) is 0 Å². The van der Waals surface area contributed by atoms with E-state index in [1.54, 1.807) is 18.2 Å². The molecule has 1 fully saturated rings. The van der Waals surface area contributed by atoms with Crippen molar-refractivity contribution in [2.45, 2.75) is 6.92 Å². The average Bonchev–Trinajstić information content (AvgIpc) is 3.12. The van der Waals surface area contributed by atoms with E-state index < -0.39 is 0 Å². The lowest BCUT2D eigenvalue weighted by atomic mass is 10.2. The summed E-state index contributed by atoms with van der Waals surface area (Å²) in [4.78, 5) is 24.7. The van der Waals surface area contributed by atoms with Gasteiger partial charge in [0.15, 0.2) is 5.17 Å². The first-order chi connectivity index (χ1) is 12.5. The van der Waals surface area contributed by atoms with Gasteiger partial charge in [0, 0.05) is 0 Å². The molecule has 0 bridgehead atoms. The lowest BCUT2D eigenvalue weighted by Gasteiger charge is -2.01. The molecule has 2 heterocycles. The van der Waals surface area contributed by atoms with Crippen molar-refractivity contribution < 1.29 is 4.79 Å². The highest BCUT2D eigenvalue weighted by Crippen LogP contribution is 2.35. The number of amidine groups is 1. The highest BCUT2D eigenvalue weighted by Gasteiger charge is 2.24. The number of thioether (sulfide) groups is 1. The van der Waals surface area contributed by atoms with Crippen LogP contribution in [-0.4, -0.2) is 21.0 Å². The molecule has 0 radical (unpaired) electrons. The number of nitrogens with one attached hydrogen (secondary N) is 2. The molecule has 1 aliphatic heterocycles. The molecule has 0 aliphatic carbocycles. The number of H-pyrrole nitrogens is 1. The molecule has 130 valence electrons. The maximum Gasteiger partial charge on any atom is 0.264 e. The van der Waals surface area contributed by atoms with Crippen LogP contribution in [0.1, 0.15) is 11.4 Å². The van der Waals surface area contributed by atoms with E-state index in [1.165, 1.54) is 11.8 Å². The van der Waals surface area contributed by atoms with Gasteiger partial charge in [0.25, 0.3) is 5.91 Å². The molecule has 0 saturated carbocycles. The van der Waals surface area contributed by atoms with Gasteiger partial charge < -0.3 is 10.3 Å². The zero-order chi connectivity index (χ0) is 18.3. The summed E-state index contributed by atoms with van der Waals surface area (Å²) < 4.78 is 0. The first-order valence-electron chi connectivity index (χ1n) is 7.69. The van der Waals surface area contributed by atoms with Crippen molar-refractivity contribution in [3.8, 4) is 0 Å². The van der Waals surface area contributed by atoms with Gasteiger partial charge in [0.2, 0.25) is 0 Å². The number of hydrogen-bond acceptors (Lipinski definition) is 4. The van der Waals surface area contributed by atoms with Crippen molar-refractivity contribution >= 4 is 68.8 Å². The third-order valence-electron chi connectivity index (χ3n) is 3.72. The van der Waals surface area contributed by atoms with Gasteiger partial charge in [-0.2, -0.15) is 0 Å². The number of aliphatic imine (C=N–C) groups is 1. The summed E-state index contributed by atoms with van der Waals surface area (Å²) in [7, 11) is 0. The molecule has 3 aromatic rings. The summed E-state index contributed by atoms with van der Waals surface area (Å²) in [6, 6.07) is 10.9. The van der Waals surface area contributed by atoms with Crippen LogP contribution in [0.3, 0.4) is 0 Å². The second kappa shape index (κ2) is 6.79. The van der Waals surface area contributed by atoms with Gasteiger partial charge >= 0.3 is 0 Å². The van der Waals surface area contributed by atoms with Crippen LogP contribution in [0, 0.1) is 6.92 Å². The molecule has 5 nitrogen and oxygen atoms in total. The fraction of sp³-hybridized carbons (Fsp3) is 0.0556. The van der Waals surface area contributed by atoms with Gasteiger partial charge in [-0.25, -0.2) is 9.98 Å². The standard InChI is InChI=1S/C18H12Cl2N4OS/c1-9-21-13-6-5-10(7-14(13)22-9)8-15-17(25)24-18(26-15)23-16-11(19)3-2-4-12(16)20/h2-8H,1H3,(H,21,22)(H,23,24,25). The van der Waals surface area contributed by atoms with Crippen LogP contribution in [0.25, 0.3) is 17.1 Å². The largest absolute Gasteiger partial charge is 0.342 e. The number of amides is 1. The Hall–Kier alpha value is -2.28. The number of fused-ring (bicyclic) bond motifs is 1. The highest BCUT2D eigenvalue weighted by molar-refractivity contribution is 8.18. The Morgan fingerprint density at radius 3 is 2.73 bits per heavy atom. The smallest absolute Gasteiger partial charge is 0.264 e. The Labute approximate surface area is 163 Å². The van der Waals surface area contributed by atoms with Gasteiger partial charge in [-0.1, -0.05) is 35.3 Å². The normalized spacial score (nSPS) is 17.4. The summed E-state index contributed by atoms with van der Waals surface area (Å²) >= 11 is 13.5. The van der Waals surface area contributed by atoms with Crippen molar-refractivity contribution in [1.82, 2.24) is 15.3 Å². The first-order valence-corrected chi connectivity index (χ1v) is 9.27. The number of imidazole rings is 1. The molecule has 8 heteroatoms. The van der Waals surface area contributed by atoms with Gasteiger partial charge in [-0.05, 0) is 54.6 Å². The SMILES string of the molecule is Cc1nc2ccc(C=C3SC(=Nc4c(Cl)cccc4Cl)NC3=O)cc2[nH]1. The number of aryl methyl sites for hydroxylation is 1. The van der Waals surface area contributed by atoms with E-state index in [-0.39, 0.29) is 5.91 Å². The van der Waals surface area contributed by atoms with E-state index in [0.717, 1.165) is 22.4 Å².